The Bertz CT molecular complexity index is 511. The maximum Gasteiger partial charge on any atom is 0.184 e. The van der Waals surface area contributed by atoms with Crippen LogP contribution in [0, 0.1) is 5.92 Å². The standard InChI is InChI=1S/C20H38O12/c1-10-3-13(6-21)32-20(17(10)25)29-9-14(30-11(2)22)4-12(23)7-28-8-15-5-16(24)18(26)19(27)31-15/h10-27H,3-9H2,1-2H3. The molecule has 0 amide bonds. The van der Waals surface area contributed by atoms with E-state index in [1.165, 1.54) is 6.92 Å². The van der Waals surface area contributed by atoms with E-state index >= 15 is 0 Å². The molecule has 2 aliphatic heterocycles. The zero-order valence-electron chi connectivity index (χ0n) is 18.5. The molecule has 11 atom stereocenters. The predicted octanol–water partition coefficient (Wildman–Crippen LogP) is -2.57. The second-order valence-electron chi connectivity index (χ2n) is 8.57. The van der Waals surface area contributed by atoms with Crippen molar-refractivity contribution in [1.29, 1.82) is 0 Å². The smallest absolute Gasteiger partial charge is 0.184 e. The average molecular weight is 471 g/mol. The molecule has 11 unspecified atom stereocenters. The van der Waals surface area contributed by atoms with Crippen LogP contribution in [0.2, 0.25) is 0 Å². The highest BCUT2D eigenvalue weighted by molar-refractivity contribution is 4.81. The normalized spacial score (nSPS) is 38.9. The summed E-state index contributed by atoms with van der Waals surface area (Å²) in [6.45, 7) is 2.83. The summed E-state index contributed by atoms with van der Waals surface area (Å²) >= 11 is 0. The van der Waals surface area contributed by atoms with Crippen LogP contribution in [0.5, 0.6) is 0 Å². The molecule has 12 nitrogen and oxygen atoms in total. The van der Waals surface area contributed by atoms with Gasteiger partial charge >= 0.3 is 0 Å². The van der Waals surface area contributed by atoms with Gasteiger partial charge in [0, 0.05) is 12.8 Å². The molecule has 190 valence electrons. The first-order valence-electron chi connectivity index (χ1n) is 11.0. The third kappa shape index (κ3) is 8.70. The Morgan fingerprint density at radius 2 is 1.69 bits per heavy atom. The minimum Gasteiger partial charge on any atom is -0.394 e. The fourth-order valence-electron chi connectivity index (χ4n) is 3.79. The van der Waals surface area contributed by atoms with Gasteiger partial charge in [0.15, 0.2) is 18.9 Å². The lowest BCUT2D eigenvalue weighted by atomic mass is 9.94. The molecule has 0 aromatic rings. The summed E-state index contributed by atoms with van der Waals surface area (Å²) in [5, 5.41) is 68.1. The molecule has 0 saturated carbocycles. The van der Waals surface area contributed by atoms with Crippen LogP contribution in [0.3, 0.4) is 0 Å². The Labute approximate surface area is 187 Å². The molecular weight excluding hydrogens is 432 g/mol. The van der Waals surface area contributed by atoms with E-state index in [2.05, 4.69) is 0 Å². The monoisotopic (exact) mass is 470 g/mol. The van der Waals surface area contributed by atoms with Gasteiger partial charge in [0.1, 0.15) is 12.2 Å². The van der Waals surface area contributed by atoms with Crippen LogP contribution in [0.1, 0.15) is 33.1 Å². The summed E-state index contributed by atoms with van der Waals surface area (Å²) in [6.07, 6.45) is -9.21. The Morgan fingerprint density at radius 3 is 2.31 bits per heavy atom. The van der Waals surface area contributed by atoms with Gasteiger partial charge in [0.2, 0.25) is 0 Å². The largest absolute Gasteiger partial charge is 0.394 e. The van der Waals surface area contributed by atoms with E-state index in [1.54, 1.807) is 0 Å². The zero-order chi connectivity index (χ0) is 23.8. The molecule has 0 aliphatic carbocycles. The fraction of sp³-hybridized carbons (Fsp3) is 1.00. The van der Waals surface area contributed by atoms with E-state index in [0.717, 1.165) is 0 Å². The molecule has 7 N–H and O–H groups in total. The summed E-state index contributed by atoms with van der Waals surface area (Å²) in [5.74, 6) is -0.138. The van der Waals surface area contributed by atoms with Gasteiger partial charge in [-0.2, -0.15) is 0 Å². The molecule has 2 heterocycles. The van der Waals surface area contributed by atoms with Crippen LogP contribution < -0.4 is 0 Å². The number of hydrogen-bond acceptors (Lipinski definition) is 12. The lowest BCUT2D eigenvalue weighted by molar-refractivity contribution is -0.272. The number of ether oxygens (including phenoxy) is 5. The van der Waals surface area contributed by atoms with Crippen LogP contribution in [0.4, 0.5) is 0 Å². The van der Waals surface area contributed by atoms with Crippen LogP contribution >= 0.6 is 0 Å². The SMILES string of the molecule is CC(O)OC(COC1OC(CO)CC(C)C1O)CC(O)COCC1CC(O)C(O)C(O)O1. The third-order valence-electron chi connectivity index (χ3n) is 5.53. The van der Waals surface area contributed by atoms with E-state index in [9.17, 15) is 35.7 Å². The second kappa shape index (κ2) is 13.4. The van der Waals surface area contributed by atoms with Crippen molar-refractivity contribution in [2.45, 2.75) is 94.7 Å². The number of aliphatic hydroxyl groups excluding tert-OH is 7. The molecule has 12 heteroatoms. The van der Waals surface area contributed by atoms with Crippen LogP contribution in [0.15, 0.2) is 0 Å². The van der Waals surface area contributed by atoms with Crippen molar-refractivity contribution in [2.75, 3.05) is 26.4 Å². The van der Waals surface area contributed by atoms with Crippen molar-refractivity contribution in [1.82, 2.24) is 0 Å². The highest BCUT2D eigenvalue weighted by Gasteiger charge is 2.37. The first-order valence-corrected chi connectivity index (χ1v) is 11.0. The van der Waals surface area contributed by atoms with Gasteiger partial charge in [-0.05, 0) is 19.3 Å². The molecule has 2 saturated heterocycles. The quantitative estimate of drug-likeness (QED) is 0.148. The predicted molar refractivity (Wildman–Crippen MR) is 107 cm³/mol. The average Bonchev–Trinajstić information content (AvgIpc) is 2.72. The molecule has 0 aromatic carbocycles. The maximum atomic E-state index is 10.3. The van der Waals surface area contributed by atoms with E-state index in [1.807, 2.05) is 6.92 Å². The maximum absolute atomic E-state index is 10.3. The summed E-state index contributed by atoms with van der Waals surface area (Å²) in [7, 11) is 0. The Hall–Kier alpha value is -0.480. The van der Waals surface area contributed by atoms with Crippen molar-refractivity contribution in [3.05, 3.63) is 0 Å². The van der Waals surface area contributed by atoms with Gasteiger partial charge in [-0.15, -0.1) is 0 Å². The molecule has 2 fully saturated rings. The van der Waals surface area contributed by atoms with Crippen LogP contribution in [-0.2, 0) is 23.7 Å². The summed E-state index contributed by atoms with van der Waals surface area (Å²) in [5.41, 5.74) is 0. The second-order valence-corrected chi connectivity index (χ2v) is 8.57. The van der Waals surface area contributed by atoms with Gasteiger partial charge in [0.25, 0.3) is 0 Å². The number of rotatable bonds is 12. The van der Waals surface area contributed by atoms with E-state index in [4.69, 9.17) is 23.7 Å². The molecule has 0 radical (unpaired) electrons. The van der Waals surface area contributed by atoms with Crippen molar-refractivity contribution < 1.29 is 59.4 Å². The number of hydrogen-bond donors (Lipinski definition) is 7. The van der Waals surface area contributed by atoms with Gasteiger partial charge < -0.3 is 59.4 Å². The van der Waals surface area contributed by atoms with E-state index in [0.29, 0.717) is 6.42 Å². The molecule has 0 aromatic heterocycles. The summed E-state index contributed by atoms with van der Waals surface area (Å²) < 4.78 is 27.1. The minimum atomic E-state index is -1.51. The Kier molecular flexibility index (Phi) is 11.6. The first kappa shape index (κ1) is 27.8. The molecule has 2 aliphatic rings. The number of aliphatic hydroxyl groups is 7. The molecule has 32 heavy (non-hydrogen) atoms. The Morgan fingerprint density at radius 1 is 0.969 bits per heavy atom. The van der Waals surface area contributed by atoms with E-state index in [-0.39, 0.29) is 45.2 Å². The lowest BCUT2D eigenvalue weighted by Crippen LogP contribution is -2.49. The highest BCUT2D eigenvalue weighted by Crippen LogP contribution is 2.26. The topological polar surface area (TPSA) is 188 Å². The van der Waals surface area contributed by atoms with Gasteiger partial charge in [-0.1, -0.05) is 6.92 Å². The van der Waals surface area contributed by atoms with Crippen LogP contribution in [-0.4, -0.2) is 124 Å². The van der Waals surface area contributed by atoms with Crippen molar-refractivity contribution in [2.24, 2.45) is 5.92 Å². The minimum absolute atomic E-state index is 0.0150. The highest BCUT2D eigenvalue weighted by atomic mass is 16.7. The van der Waals surface area contributed by atoms with Crippen molar-refractivity contribution in [3.63, 3.8) is 0 Å². The van der Waals surface area contributed by atoms with E-state index < -0.39 is 61.6 Å². The Balaban J connectivity index is 1.77. The van der Waals surface area contributed by atoms with Crippen molar-refractivity contribution in [3.8, 4) is 0 Å². The van der Waals surface area contributed by atoms with Crippen molar-refractivity contribution >= 4 is 0 Å². The summed E-state index contributed by atoms with van der Waals surface area (Å²) in [6, 6.07) is 0. The summed E-state index contributed by atoms with van der Waals surface area (Å²) in [4.78, 5) is 0. The first-order chi connectivity index (χ1) is 15.1. The van der Waals surface area contributed by atoms with Gasteiger partial charge in [-0.3, -0.25) is 0 Å². The molecule has 0 bridgehead atoms. The molecular formula is C20H38O12. The third-order valence-corrected chi connectivity index (χ3v) is 5.53. The lowest BCUT2D eigenvalue weighted by Gasteiger charge is -2.37. The molecule has 2 rings (SSSR count). The fourth-order valence-corrected chi connectivity index (χ4v) is 3.79. The van der Waals surface area contributed by atoms with Crippen LogP contribution in [0.25, 0.3) is 0 Å². The van der Waals surface area contributed by atoms with Gasteiger partial charge in [0.05, 0.1) is 56.9 Å². The molecule has 0 spiro atoms. The van der Waals surface area contributed by atoms with Gasteiger partial charge in [-0.25, -0.2) is 0 Å². The zero-order valence-corrected chi connectivity index (χ0v) is 18.5.